The van der Waals surface area contributed by atoms with Crippen LogP contribution in [0.2, 0.25) is 0 Å². The zero-order valence-electron chi connectivity index (χ0n) is 11.9. The average Bonchev–Trinajstić information content (AvgIpc) is 3.23. The van der Waals surface area contributed by atoms with Gasteiger partial charge >= 0.3 is 5.97 Å². The van der Waals surface area contributed by atoms with E-state index in [1.807, 2.05) is 13.0 Å². The number of ether oxygens (including phenoxy) is 2. The number of nitrogens with one attached hydrogen (secondary N) is 1. The second-order valence-electron chi connectivity index (χ2n) is 4.88. The Morgan fingerprint density at radius 3 is 2.95 bits per heavy atom. The lowest BCUT2D eigenvalue weighted by molar-refractivity contribution is -0.139. The number of aliphatic carboxylic acids is 1. The Kier molecular flexibility index (Phi) is 5.16. The number of carboxylic acids is 1. The molecule has 2 atom stereocenters. The molecule has 0 bridgehead atoms. The van der Waals surface area contributed by atoms with Crippen molar-refractivity contribution in [3.63, 3.8) is 0 Å². The van der Waals surface area contributed by atoms with E-state index in [1.165, 1.54) is 0 Å². The maximum absolute atomic E-state index is 11.9. The number of carbonyl (C=O) groups is 2. The first kappa shape index (κ1) is 15.3. The van der Waals surface area contributed by atoms with Crippen molar-refractivity contribution < 1.29 is 24.2 Å². The molecule has 1 aliphatic rings. The second-order valence-corrected chi connectivity index (χ2v) is 4.88. The summed E-state index contributed by atoms with van der Waals surface area (Å²) in [5.74, 6) is -0.603. The zero-order valence-corrected chi connectivity index (χ0v) is 11.9. The fourth-order valence-corrected chi connectivity index (χ4v) is 2.06. The van der Waals surface area contributed by atoms with Crippen LogP contribution in [-0.2, 0) is 20.9 Å². The van der Waals surface area contributed by atoms with Gasteiger partial charge in [0.1, 0.15) is 5.75 Å². The highest BCUT2D eigenvalue weighted by Gasteiger charge is 2.43. The van der Waals surface area contributed by atoms with Gasteiger partial charge in [-0.15, -0.1) is 0 Å². The molecule has 2 rings (SSSR count). The number of carbonyl (C=O) groups excluding carboxylic acids is 1. The van der Waals surface area contributed by atoms with Gasteiger partial charge in [-0.3, -0.25) is 4.79 Å². The van der Waals surface area contributed by atoms with Gasteiger partial charge < -0.3 is 19.9 Å². The molecule has 1 saturated carbocycles. The number of rotatable bonds is 8. The first-order valence-electron chi connectivity index (χ1n) is 6.93. The molecule has 1 fully saturated rings. The van der Waals surface area contributed by atoms with Crippen LogP contribution in [0.1, 0.15) is 18.9 Å². The van der Waals surface area contributed by atoms with Crippen LogP contribution in [0, 0.1) is 5.92 Å². The first-order chi connectivity index (χ1) is 10.1. The van der Waals surface area contributed by atoms with Crippen molar-refractivity contribution in [2.24, 2.45) is 5.92 Å². The van der Waals surface area contributed by atoms with Crippen molar-refractivity contribution in [1.29, 1.82) is 0 Å². The van der Waals surface area contributed by atoms with Crippen molar-refractivity contribution >= 4 is 11.9 Å². The van der Waals surface area contributed by atoms with Crippen molar-refractivity contribution in [3.05, 3.63) is 29.8 Å². The molecule has 1 aliphatic carbocycles. The summed E-state index contributed by atoms with van der Waals surface area (Å²) in [6.45, 7) is 2.54. The summed E-state index contributed by atoms with van der Waals surface area (Å²) in [7, 11) is 0. The van der Waals surface area contributed by atoms with E-state index < -0.39 is 5.97 Å². The Morgan fingerprint density at radius 1 is 1.43 bits per heavy atom. The molecule has 21 heavy (non-hydrogen) atoms. The van der Waals surface area contributed by atoms with Gasteiger partial charge in [-0.2, -0.15) is 0 Å². The Morgan fingerprint density at radius 2 is 2.24 bits per heavy atom. The maximum Gasteiger partial charge on any atom is 0.341 e. The van der Waals surface area contributed by atoms with Gasteiger partial charge in [-0.1, -0.05) is 12.1 Å². The lowest BCUT2D eigenvalue weighted by Crippen LogP contribution is -2.26. The van der Waals surface area contributed by atoms with Gasteiger partial charge in [0, 0.05) is 13.2 Å². The molecule has 6 heteroatoms. The Labute approximate surface area is 123 Å². The molecule has 114 valence electrons. The summed E-state index contributed by atoms with van der Waals surface area (Å²) >= 11 is 0. The van der Waals surface area contributed by atoms with Gasteiger partial charge in [-0.05, 0) is 31.0 Å². The largest absolute Gasteiger partial charge is 0.482 e. The van der Waals surface area contributed by atoms with Crippen molar-refractivity contribution in [2.45, 2.75) is 26.0 Å². The van der Waals surface area contributed by atoms with Crippen LogP contribution in [0.4, 0.5) is 0 Å². The van der Waals surface area contributed by atoms with E-state index >= 15 is 0 Å². The quantitative estimate of drug-likeness (QED) is 0.752. The third-order valence-electron chi connectivity index (χ3n) is 3.18. The summed E-state index contributed by atoms with van der Waals surface area (Å²) in [6, 6.07) is 7.01. The van der Waals surface area contributed by atoms with E-state index in [2.05, 4.69) is 5.32 Å². The van der Waals surface area contributed by atoms with E-state index in [1.54, 1.807) is 18.2 Å². The number of benzene rings is 1. The fraction of sp³-hybridized carbons (Fsp3) is 0.467. The molecule has 0 heterocycles. The molecule has 0 radical (unpaired) electrons. The van der Waals surface area contributed by atoms with Crippen molar-refractivity contribution in [1.82, 2.24) is 5.32 Å². The summed E-state index contributed by atoms with van der Waals surface area (Å²) in [5, 5.41) is 11.4. The molecule has 2 N–H and O–H groups in total. The molecule has 6 nitrogen and oxygen atoms in total. The third-order valence-corrected chi connectivity index (χ3v) is 3.18. The standard InChI is InChI=1S/C15H19NO5/c1-2-20-13-7-12(13)15(19)16-8-10-4-3-5-11(6-10)21-9-14(17)18/h3-6,12-13H,2,7-9H2,1H3,(H,16,19)(H,17,18)/t12-,13-/m0/s1. The SMILES string of the molecule is CCO[C@H]1C[C@@H]1C(=O)NCc1cccc(OCC(=O)O)c1. The minimum absolute atomic E-state index is 0.00897. The van der Waals surface area contributed by atoms with Gasteiger partial charge in [0.15, 0.2) is 6.61 Å². The van der Waals surface area contributed by atoms with E-state index in [0.717, 1.165) is 12.0 Å². The van der Waals surface area contributed by atoms with Gasteiger partial charge in [0.05, 0.1) is 12.0 Å². The molecule has 0 aromatic heterocycles. The molecule has 0 unspecified atom stereocenters. The van der Waals surface area contributed by atoms with Crippen molar-refractivity contribution in [3.8, 4) is 5.75 Å². The average molecular weight is 293 g/mol. The molecular formula is C15H19NO5. The number of hydrogen-bond donors (Lipinski definition) is 2. The van der Waals surface area contributed by atoms with Crippen LogP contribution < -0.4 is 10.1 Å². The lowest BCUT2D eigenvalue weighted by atomic mass is 10.2. The summed E-state index contributed by atoms with van der Waals surface area (Å²) < 4.78 is 10.5. The Balaban J connectivity index is 1.79. The smallest absolute Gasteiger partial charge is 0.341 e. The predicted molar refractivity (Wildman–Crippen MR) is 74.9 cm³/mol. The minimum Gasteiger partial charge on any atom is -0.482 e. The van der Waals surface area contributed by atoms with Crippen LogP contribution in [0.5, 0.6) is 5.75 Å². The topological polar surface area (TPSA) is 84.9 Å². The van der Waals surface area contributed by atoms with Crippen molar-refractivity contribution in [2.75, 3.05) is 13.2 Å². The molecule has 1 aromatic rings. The fourth-order valence-electron chi connectivity index (χ4n) is 2.06. The highest BCUT2D eigenvalue weighted by Crippen LogP contribution is 2.33. The number of hydrogen-bond acceptors (Lipinski definition) is 4. The van der Waals surface area contributed by atoms with Gasteiger partial charge in [0.25, 0.3) is 0 Å². The lowest BCUT2D eigenvalue weighted by Gasteiger charge is -2.08. The van der Waals surface area contributed by atoms with E-state index in [0.29, 0.717) is 18.9 Å². The summed E-state index contributed by atoms with van der Waals surface area (Å²) in [6.07, 6.45) is 0.835. The molecule has 0 spiro atoms. The summed E-state index contributed by atoms with van der Waals surface area (Å²) in [4.78, 5) is 22.3. The highest BCUT2D eigenvalue weighted by molar-refractivity contribution is 5.82. The van der Waals surface area contributed by atoms with Gasteiger partial charge in [0.2, 0.25) is 5.91 Å². The number of carboxylic acid groups (broad SMARTS) is 1. The Hall–Kier alpha value is -2.08. The van der Waals surface area contributed by atoms with Gasteiger partial charge in [-0.25, -0.2) is 4.79 Å². The molecule has 1 amide bonds. The van der Waals surface area contributed by atoms with Crippen LogP contribution in [0.3, 0.4) is 0 Å². The normalized spacial score (nSPS) is 19.9. The third kappa shape index (κ3) is 4.75. The molecule has 1 aromatic carbocycles. The van der Waals surface area contributed by atoms with Crippen LogP contribution >= 0.6 is 0 Å². The van der Waals surface area contributed by atoms with Crippen LogP contribution in [0.25, 0.3) is 0 Å². The van der Waals surface area contributed by atoms with E-state index in [4.69, 9.17) is 14.6 Å². The number of amides is 1. The minimum atomic E-state index is -1.02. The van der Waals surface area contributed by atoms with Crippen LogP contribution in [-0.4, -0.2) is 36.3 Å². The predicted octanol–water partition coefficient (Wildman–Crippen LogP) is 1.19. The molecule has 0 aliphatic heterocycles. The van der Waals surface area contributed by atoms with Crippen LogP contribution in [0.15, 0.2) is 24.3 Å². The highest BCUT2D eigenvalue weighted by atomic mass is 16.5. The van der Waals surface area contributed by atoms with E-state index in [-0.39, 0.29) is 24.5 Å². The molecular weight excluding hydrogens is 274 g/mol. The zero-order chi connectivity index (χ0) is 15.2. The Bertz CT molecular complexity index is 517. The summed E-state index contributed by atoms with van der Waals surface area (Å²) in [5.41, 5.74) is 0.861. The van der Waals surface area contributed by atoms with E-state index in [9.17, 15) is 9.59 Å². The molecule has 0 saturated heterocycles. The monoisotopic (exact) mass is 293 g/mol. The maximum atomic E-state index is 11.9. The second kappa shape index (κ2) is 7.08. The first-order valence-corrected chi connectivity index (χ1v) is 6.93.